The Morgan fingerprint density at radius 1 is 1.33 bits per heavy atom. The standard InChI is InChI=1S/C8H8O3S/c9-12-10-6-8(11-12)7-4-2-1-3-5-7/h1-5,8H,6H2. The largest absolute Gasteiger partial charge is 0.305 e. The van der Waals surface area contributed by atoms with E-state index in [1.807, 2.05) is 30.3 Å². The maximum Gasteiger partial charge on any atom is 0.305 e. The number of benzene rings is 1. The summed E-state index contributed by atoms with van der Waals surface area (Å²) in [6, 6.07) is 9.61. The van der Waals surface area contributed by atoms with Gasteiger partial charge in [-0.3, -0.25) is 8.37 Å². The van der Waals surface area contributed by atoms with Gasteiger partial charge < -0.3 is 0 Å². The van der Waals surface area contributed by atoms with Gasteiger partial charge in [0.2, 0.25) is 0 Å². The SMILES string of the molecule is O=S1OCC(c2ccccc2)O1. The topological polar surface area (TPSA) is 35.5 Å². The van der Waals surface area contributed by atoms with Crippen molar-refractivity contribution in [1.29, 1.82) is 0 Å². The summed E-state index contributed by atoms with van der Waals surface area (Å²) >= 11 is -1.55. The smallest absolute Gasteiger partial charge is 0.265 e. The van der Waals surface area contributed by atoms with E-state index in [0.29, 0.717) is 6.61 Å². The molecule has 0 radical (unpaired) electrons. The zero-order valence-corrected chi connectivity index (χ0v) is 7.12. The lowest BCUT2D eigenvalue weighted by Crippen LogP contribution is -1.98. The van der Waals surface area contributed by atoms with Crippen molar-refractivity contribution in [1.82, 2.24) is 0 Å². The molecule has 1 aliphatic rings. The highest BCUT2D eigenvalue weighted by molar-refractivity contribution is 7.75. The lowest BCUT2D eigenvalue weighted by atomic mass is 10.1. The molecule has 0 N–H and O–H groups in total. The van der Waals surface area contributed by atoms with Crippen molar-refractivity contribution < 1.29 is 12.6 Å². The fourth-order valence-corrected chi connectivity index (χ4v) is 1.73. The van der Waals surface area contributed by atoms with Crippen molar-refractivity contribution in [2.45, 2.75) is 6.10 Å². The van der Waals surface area contributed by atoms with Crippen LogP contribution in [0.3, 0.4) is 0 Å². The van der Waals surface area contributed by atoms with Crippen LogP contribution in [0.15, 0.2) is 30.3 Å². The Kier molecular flexibility index (Phi) is 2.21. The van der Waals surface area contributed by atoms with Crippen molar-refractivity contribution in [2.24, 2.45) is 0 Å². The molecule has 1 aromatic carbocycles. The van der Waals surface area contributed by atoms with Gasteiger partial charge in [0.15, 0.2) is 0 Å². The Bertz CT molecular complexity index is 286. The third-order valence-electron chi connectivity index (χ3n) is 1.68. The van der Waals surface area contributed by atoms with Crippen LogP contribution >= 0.6 is 0 Å². The van der Waals surface area contributed by atoms with Gasteiger partial charge in [0.1, 0.15) is 6.10 Å². The molecule has 1 saturated heterocycles. The summed E-state index contributed by atoms with van der Waals surface area (Å²) in [7, 11) is 0. The minimum atomic E-state index is -1.55. The summed E-state index contributed by atoms with van der Waals surface area (Å²) in [6.07, 6.45) is -0.174. The second-order valence-corrected chi connectivity index (χ2v) is 3.32. The Balaban J connectivity index is 2.16. The van der Waals surface area contributed by atoms with Gasteiger partial charge in [-0.15, -0.1) is 0 Å². The van der Waals surface area contributed by atoms with E-state index < -0.39 is 11.4 Å². The third kappa shape index (κ3) is 1.55. The highest BCUT2D eigenvalue weighted by Crippen LogP contribution is 2.24. The first kappa shape index (κ1) is 7.91. The normalized spacial score (nSPS) is 29.0. The average Bonchev–Trinajstić information content (AvgIpc) is 2.54. The molecule has 1 heterocycles. The number of rotatable bonds is 1. The van der Waals surface area contributed by atoms with E-state index in [4.69, 9.17) is 8.37 Å². The van der Waals surface area contributed by atoms with Gasteiger partial charge >= 0.3 is 11.4 Å². The van der Waals surface area contributed by atoms with Crippen molar-refractivity contribution in [3.63, 3.8) is 0 Å². The van der Waals surface area contributed by atoms with Crippen LogP contribution in [0.25, 0.3) is 0 Å². The maximum absolute atomic E-state index is 10.7. The van der Waals surface area contributed by atoms with Crippen LogP contribution in [0.4, 0.5) is 0 Å². The summed E-state index contributed by atoms with van der Waals surface area (Å²) in [6.45, 7) is 0.372. The molecule has 12 heavy (non-hydrogen) atoms. The second-order valence-electron chi connectivity index (χ2n) is 2.48. The van der Waals surface area contributed by atoms with E-state index >= 15 is 0 Å². The molecule has 2 rings (SSSR count). The molecule has 0 bridgehead atoms. The summed E-state index contributed by atoms with van der Waals surface area (Å²) in [5, 5.41) is 0. The zero-order chi connectivity index (χ0) is 8.39. The monoisotopic (exact) mass is 184 g/mol. The van der Waals surface area contributed by atoms with Crippen LogP contribution < -0.4 is 0 Å². The van der Waals surface area contributed by atoms with Gasteiger partial charge in [-0.25, -0.2) is 0 Å². The van der Waals surface area contributed by atoms with Crippen molar-refractivity contribution in [3.05, 3.63) is 35.9 Å². The fourth-order valence-electron chi connectivity index (χ4n) is 1.09. The lowest BCUT2D eigenvalue weighted by molar-refractivity contribution is 0.246. The molecule has 4 heteroatoms. The molecule has 0 amide bonds. The highest BCUT2D eigenvalue weighted by atomic mass is 32.2. The summed E-state index contributed by atoms with van der Waals surface area (Å²) in [5.41, 5.74) is 1.00. The molecule has 3 nitrogen and oxygen atoms in total. The van der Waals surface area contributed by atoms with Gasteiger partial charge in [0.05, 0.1) is 6.61 Å². The van der Waals surface area contributed by atoms with E-state index in [9.17, 15) is 4.21 Å². The third-order valence-corrected chi connectivity index (χ3v) is 2.40. The molecule has 0 spiro atoms. The molecule has 64 valence electrons. The lowest BCUT2D eigenvalue weighted by Gasteiger charge is -2.03. The van der Waals surface area contributed by atoms with Crippen LogP contribution in [0.1, 0.15) is 11.7 Å². The Hall–Kier alpha value is -0.710. The van der Waals surface area contributed by atoms with Crippen LogP contribution in [-0.2, 0) is 19.7 Å². The van der Waals surface area contributed by atoms with Crippen LogP contribution in [0, 0.1) is 0 Å². The number of hydrogen-bond acceptors (Lipinski definition) is 3. The van der Waals surface area contributed by atoms with Crippen molar-refractivity contribution in [3.8, 4) is 0 Å². The molecule has 1 fully saturated rings. The quantitative estimate of drug-likeness (QED) is 0.661. The summed E-state index contributed by atoms with van der Waals surface area (Å²) in [5.74, 6) is 0. The first-order chi connectivity index (χ1) is 5.86. The molecule has 1 aliphatic heterocycles. The first-order valence-corrected chi connectivity index (χ1v) is 4.63. The first-order valence-electron chi connectivity index (χ1n) is 3.63. The molecular weight excluding hydrogens is 176 g/mol. The van der Waals surface area contributed by atoms with Gasteiger partial charge in [-0.05, 0) is 5.56 Å². The summed E-state index contributed by atoms with van der Waals surface area (Å²) in [4.78, 5) is 0. The molecule has 0 aliphatic carbocycles. The van der Waals surface area contributed by atoms with Gasteiger partial charge in [-0.2, -0.15) is 4.21 Å². The van der Waals surface area contributed by atoms with Crippen LogP contribution in [0.5, 0.6) is 0 Å². The zero-order valence-electron chi connectivity index (χ0n) is 6.30. The minimum absolute atomic E-state index is 0.174. The summed E-state index contributed by atoms with van der Waals surface area (Å²) < 4.78 is 20.5. The average molecular weight is 184 g/mol. The van der Waals surface area contributed by atoms with Crippen LogP contribution in [-0.4, -0.2) is 10.8 Å². The Labute approximate surface area is 73.2 Å². The van der Waals surface area contributed by atoms with Crippen molar-refractivity contribution in [2.75, 3.05) is 6.61 Å². The predicted molar refractivity (Wildman–Crippen MR) is 44.4 cm³/mol. The van der Waals surface area contributed by atoms with E-state index in [2.05, 4.69) is 0 Å². The van der Waals surface area contributed by atoms with Crippen molar-refractivity contribution >= 4 is 11.4 Å². The van der Waals surface area contributed by atoms with E-state index in [1.54, 1.807) is 0 Å². The Morgan fingerprint density at radius 3 is 2.67 bits per heavy atom. The fraction of sp³-hybridized carbons (Fsp3) is 0.250. The molecule has 1 aromatic rings. The molecule has 0 saturated carbocycles. The van der Waals surface area contributed by atoms with E-state index in [1.165, 1.54) is 0 Å². The molecule has 0 aromatic heterocycles. The maximum atomic E-state index is 10.7. The van der Waals surface area contributed by atoms with Crippen LogP contribution in [0.2, 0.25) is 0 Å². The Morgan fingerprint density at radius 2 is 2.08 bits per heavy atom. The molecule has 2 atom stereocenters. The molecular formula is C8H8O3S. The molecule has 2 unspecified atom stereocenters. The van der Waals surface area contributed by atoms with E-state index in [0.717, 1.165) is 5.56 Å². The highest BCUT2D eigenvalue weighted by Gasteiger charge is 2.24. The van der Waals surface area contributed by atoms with Gasteiger partial charge in [-0.1, -0.05) is 30.3 Å². The predicted octanol–water partition coefficient (Wildman–Crippen LogP) is 1.35. The second kappa shape index (κ2) is 3.35. The minimum Gasteiger partial charge on any atom is -0.265 e. The van der Waals surface area contributed by atoms with Gasteiger partial charge in [0, 0.05) is 0 Å². The van der Waals surface area contributed by atoms with E-state index in [-0.39, 0.29) is 6.10 Å². The number of hydrogen-bond donors (Lipinski definition) is 0. The van der Waals surface area contributed by atoms with Gasteiger partial charge in [0.25, 0.3) is 0 Å².